The average Bonchev–Trinajstić information content (AvgIpc) is 3.09. The summed E-state index contributed by atoms with van der Waals surface area (Å²) in [6.07, 6.45) is 9.75. The maximum absolute atomic E-state index is 13.8. The van der Waals surface area contributed by atoms with E-state index >= 15 is 0 Å². The quantitative estimate of drug-likeness (QED) is 0.226. The SMILES string of the molecule is CCCCN1C(=O)[C@@H](CC2(O)CCCCC2)NC(=O)C12CCN(CCCCOc1ccc(Oc3ccc(C(=O)NC)cc3)cc1)CC2.Cl. The summed E-state index contributed by atoms with van der Waals surface area (Å²) < 4.78 is 11.8. The maximum Gasteiger partial charge on any atom is 0.251 e. The zero-order valence-electron chi connectivity index (χ0n) is 28.5. The van der Waals surface area contributed by atoms with Crippen LogP contribution in [0.15, 0.2) is 48.5 Å². The third kappa shape index (κ3) is 9.21. The molecular weight excluding hydrogens is 632 g/mol. The lowest BCUT2D eigenvalue weighted by atomic mass is 9.77. The highest BCUT2D eigenvalue weighted by atomic mass is 35.5. The number of nitrogens with one attached hydrogen (secondary N) is 2. The smallest absolute Gasteiger partial charge is 0.251 e. The number of piperazine rings is 1. The fraction of sp³-hybridized carbons (Fsp3) is 0.595. The third-order valence-corrected chi connectivity index (χ3v) is 10.1. The molecule has 3 aliphatic rings. The molecule has 2 aromatic rings. The van der Waals surface area contributed by atoms with Gasteiger partial charge in [-0.3, -0.25) is 14.4 Å². The van der Waals surface area contributed by atoms with E-state index in [2.05, 4.69) is 22.5 Å². The average molecular weight is 685 g/mol. The van der Waals surface area contributed by atoms with Crippen LogP contribution in [0.1, 0.15) is 94.3 Å². The lowest BCUT2D eigenvalue weighted by Gasteiger charge is -2.52. The Kier molecular flexibility index (Phi) is 13.6. The first-order chi connectivity index (χ1) is 22.7. The van der Waals surface area contributed by atoms with Crippen molar-refractivity contribution in [2.75, 3.05) is 39.8 Å². The van der Waals surface area contributed by atoms with Crippen LogP contribution in [0, 0.1) is 0 Å². The Balaban J connectivity index is 0.00000520. The van der Waals surface area contributed by atoms with E-state index in [1.54, 1.807) is 31.3 Å². The predicted molar refractivity (Wildman–Crippen MR) is 188 cm³/mol. The Morgan fingerprint density at radius 2 is 1.52 bits per heavy atom. The predicted octanol–water partition coefficient (Wildman–Crippen LogP) is 5.47. The van der Waals surface area contributed by atoms with E-state index in [9.17, 15) is 19.5 Å². The van der Waals surface area contributed by atoms with Crippen LogP contribution in [0.4, 0.5) is 0 Å². The lowest BCUT2D eigenvalue weighted by Crippen LogP contribution is -2.73. The molecule has 1 atom stereocenters. The lowest BCUT2D eigenvalue weighted by molar-refractivity contribution is -0.163. The zero-order chi connectivity index (χ0) is 33.3. The van der Waals surface area contributed by atoms with Crippen LogP contribution < -0.4 is 20.1 Å². The second kappa shape index (κ2) is 17.4. The van der Waals surface area contributed by atoms with Gasteiger partial charge in [-0.05, 0) is 100 Å². The highest BCUT2D eigenvalue weighted by Gasteiger charge is 2.54. The molecule has 0 unspecified atom stereocenters. The summed E-state index contributed by atoms with van der Waals surface area (Å²) in [4.78, 5) is 43.5. The minimum Gasteiger partial charge on any atom is -0.494 e. The summed E-state index contributed by atoms with van der Waals surface area (Å²) in [6, 6.07) is 13.9. The van der Waals surface area contributed by atoms with Crippen molar-refractivity contribution in [3.05, 3.63) is 54.1 Å². The first-order valence-corrected chi connectivity index (χ1v) is 17.6. The number of benzene rings is 2. The fourth-order valence-electron chi connectivity index (χ4n) is 7.28. The molecule has 3 fully saturated rings. The molecule has 2 aliphatic heterocycles. The van der Waals surface area contributed by atoms with Gasteiger partial charge in [-0.1, -0.05) is 32.6 Å². The summed E-state index contributed by atoms with van der Waals surface area (Å²) in [6.45, 7) is 5.77. The second-order valence-electron chi connectivity index (χ2n) is 13.5. The molecule has 0 radical (unpaired) electrons. The number of hydrogen-bond acceptors (Lipinski definition) is 7. The van der Waals surface area contributed by atoms with E-state index in [0.29, 0.717) is 62.3 Å². The minimum atomic E-state index is -0.860. The number of likely N-dealkylation sites (tertiary alicyclic amines) is 1. The number of ether oxygens (including phenoxy) is 2. The second-order valence-corrected chi connectivity index (χ2v) is 13.5. The van der Waals surface area contributed by atoms with Crippen molar-refractivity contribution in [2.45, 2.75) is 101 Å². The van der Waals surface area contributed by atoms with Crippen LogP contribution in [0.2, 0.25) is 0 Å². The van der Waals surface area contributed by atoms with Gasteiger partial charge in [-0.15, -0.1) is 12.4 Å². The van der Waals surface area contributed by atoms with Gasteiger partial charge < -0.3 is 35.0 Å². The van der Waals surface area contributed by atoms with E-state index in [1.165, 1.54) is 0 Å². The molecule has 5 rings (SSSR count). The van der Waals surface area contributed by atoms with E-state index in [0.717, 1.165) is 70.3 Å². The van der Waals surface area contributed by atoms with Crippen molar-refractivity contribution in [2.24, 2.45) is 0 Å². The molecule has 0 aromatic heterocycles. The number of aliphatic hydroxyl groups is 1. The normalized spacial score (nSPS) is 20.5. The van der Waals surface area contributed by atoms with E-state index in [4.69, 9.17) is 9.47 Å². The van der Waals surface area contributed by atoms with Gasteiger partial charge in [0.2, 0.25) is 11.8 Å². The van der Waals surface area contributed by atoms with Crippen LogP contribution in [0.3, 0.4) is 0 Å². The molecule has 1 saturated carbocycles. The van der Waals surface area contributed by atoms with E-state index < -0.39 is 17.2 Å². The summed E-state index contributed by atoms with van der Waals surface area (Å²) in [5.41, 5.74) is -1.07. The molecule has 10 nitrogen and oxygen atoms in total. The number of halogens is 1. The number of unbranched alkanes of at least 4 members (excludes halogenated alkanes) is 2. The number of carbonyl (C=O) groups excluding carboxylic acids is 3. The monoisotopic (exact) mass is 684 g/mol. The molecule has 2 aromatic carbocycles. The van der Waals surface area contributed by atoms with Gasteiger partial charge in [0.05, 0.1) is 12.2 Å². The Hall–Kier alpha value is -3.34. The molecule has 1 aliphatic carbocycles. The summed E-state index contributed by atoms with van der Waals surface area (Å²) in [7, 11) is 1.60. The summed E-state index contributed by atoms with van der Waals surface area (Å²) >= 11 is 0. The van der Waals surface area contributed by atoms with Gasteiger partial charge in [0.15, 0.2) is 0 Å². The van der Waals surface area contributed by atoms with Crippen molar-refractivity contribution in [3.63, 3.8) is 0 Å². The van der Waals surface area contributed by atoms with E-state index in [-0.39, 0.29) is 30.1 Å². The first-order valence-electron chi connectivity index (χ1n) is 17.6. The Morgan fingerprint density at radius 1 is 0.896 bits per heavy atom. The van der Waals surface area contributed by atoms with E-state index in [1.807, 2.05) is 29.2 Å². The molecule has 3 amide bonds. The Bertz CT molecular complexity index is 1340. The van der Waals surface area contributed by atoms with Crippen LogP contribution >= 0.6 is 12.4 Å². The minimum absolute atomic E-state index is 0. The van der Waals surface area contributed by atoms with Crippen LogP contribution in [-0.2, 0) is 9.59 Å². The van der Waals surface area contributed by atoms with Gasteiger partial charge in [0, 0.05) is 38.7 Å². The molecule has 1 spiro atoms. The highest BCUT2D eigenvalue weighted by Crippen LogP contribution is 2.37. The Labute approximate surface area is 291 Å². The van der Waals surface area contributed by atoms with Crippen LogP contribution in [-0.4, -0.2) is 89.6 Å². The number of nitrogens with zero attached hydrogens (tertiary/aromatic N) is 2. The van der Waals surface area contributed by atoms with Gasteiger partial charge in [-0.2, -0.15) is 0 Å². The molecule has 3 N–H and O–H groups in total. The highest BCUT2D eigenvalue weighted by molar-refractivity contribution is 6.00. The largest absolute Gasteiger partial charge is 0.494 e. The van der Waals surface area contributed by atoms with Gasteiger partial charge in [0.25, 0.3) is 5.91 Å². The van der Waals surface area contributed by atoms with Crippen molar-refractivity contribution in [3.8, 4) is 17.2 Å². The summed E-state index contributed by atoms with van der Waals surface area (Å²) in [5.74, 6) is 1.92. The van der Waals surface area contributed by atoms with Crippen LogP contribution in [0.5, 0.6) is 17.2 Å². The maximum atomic E-state index is 13.8. The first kappa shape index (κ1) is 37.5. The van der Waals surface area contributed by atoms with Crippen molar-refractivity contribution in [1.82, 2.24) is 20.4 Å². The number of carbonyl (C=O) groups is 3. The number of hydrogen-bond donors (Lipinski definition) is 3. The standard InChI is InChI=1S/C37H52N4O6.ClH/c1-3-4-23-41-34(43)32(27-36(45)18-6-5-7-19-36)39-35(44)37(41)20-24-40(25-21-37)22-8-9-26-46-29-14-16-31(17-15-29)47-30-12-10-28(11-13-30)33(42)38-2;/h10-17,32,45H,3-9,18-27H2,1-2H3,(H,38,42)(H,39,44);1H/t32-;/m1./s1. The van der Waals surface area contributed by atoms with Gasteiger partial charge in [0.1, 0.15) is 28.8 Å². The van der Waals surface area contributed by atoms with Crippen LogP contribution in [0.25, 0.3) is 0 Å². The number of amides is 3. The Morgan fingerprint density at radius 3 is 2.15 bits per heavy atom. The molecule has 264 valence electrons. The molecule has 48 heavy (non-hydrogen) atoms. The molecule has 0 bridgehead atoms. The summed E-state index contributed by atoms with van der Waals surface area (Å²) in [5, 5.41) is 16.8. The van der Waals surface area contributed by atoms with Crippen molar-refractivity contribution in [1.29, 1.82) is 0 Å². The van der Waals surface area contributed by atoms with Crippen molar-refractivity contribution < 1.29 is 29.0 Å². The topological polar surface area (TPSA) is 120 Å². The van der Waals surface area contributed by atoms with Gasteiger partial charge >= 0.3 is 0 Å². The number of piperidine rings is 1. The molecule has 2 heterocycles. The van der Waals surface area contributed by atoms with Crippen molar-refractivity contribution >= 4 is 30.1 Å². The van der Waals surface area contributed by atoms with Gasteiger partial charge in [-0.25, -0.2) is 0 Å². The molecular formula is C37H53ClN4O6. The molecule has 11 heteroatoms. The zero-order valence-corrected chi connectivity index (χ0v) is 29.3. The fourth-order valence-corrected chi connectivity index (χ4v) is 7.28. The number of rotatable bonds is 14. The third-order valence-electron chi connectivity index (χ3n) is 10.1. The molecule has 2 saturated heterocycles.